The lowest BCUT2D eigenvalue weighted by Gasteiger charge is -2.37. The summed E-state index contributed by atoms with van der Waals surface area (Å²) < 4.78 is 14.0. The number of rotatable bonds is 8. The fourth-order valence-electron chi connectivity index (χ4n) is 4.27. The number of thiophene rings is 1. The van der Waals surface area contributed by atoms with Crippen LogP contribution in [0.15, 0.2) is 32.8 Å². The Balaban J connectivity index is 1.37. The molecule has 1 fully saturated rings. The second-order valence-electron chi connectivity index (χ2n) is 8.35. The molecule has 0 unspecified atom stereocenters. The third-order valence-corrected chi connectivity index (χ3v) is 7.02. The second kappa shape index (κ2) is 9.12. The molecule has 0 spiro atoms. The Kier molecular flexibility index (Phi) is 6.47. The molecule has 4 rings (SSSR count). The van der Waals surface area contributed by atoms with Gasteiger partial charge in [0.1, 0.15) is 0 Å². The normalized spacial score (nSPS) is 16.8. The van der Waals surface area contributed by atoms with Crippen LogP contribution in [0.25, 0.3) is 10.8 Å². The van der Waals surface area contributed by atoms with E-state index in [1.807, 2.05) is 17.5 Å². The van der Waals surface area contributed by atoms with Crippen molar-refractivity contribution in [3.05, 3.63) is 51.1 Å². The van der Waals surface area contributed by atoms with Gasteiger partial charge in [-0.25, -0.2) is 4.79 Å². The Hall–Kier alpha value is -2.20. The van der Waals surface area contributed by atoms with Crippen molar-refractivity contribution >= 4 is 11.3 Å². The third-order valence-electron chi connectivity index (χ3n) is 6.16. The van der Waals surface area contributed by atoms with E-state index in [0.29, 0.717) is 25.3 Å². The molecule has 3 aromatic heterocycles. The molecule has 31 heavy (non-hydrogen) atoms. The van der Waals surface area contributed by atoms with Crippen LogP contribution in [0.2, 0.25) is 0 Å². The van der Waals surface area contributed by atoms with Crippen molar-refractivity contribution in [3.8, 4) is 10.8 Å². The first-order valence-corrected chi connectivity index (χ1v) is 11.5. The van der Waals surface area contributed by atoms with Crippen molar-refractivity contribution in [1.82, 2.24) is 19.2 Å². The quantitative estimate of drug-likeness (QED) is 0.573. The maximum atomic E-state index is 12.2. The minimum absolute atomic E-state index is 0.153. The van der Waals surface area contributed by atoms with Crippen LogP contribution in [0.3, 0.4) is 0 Å². The van der Waals surface area contributed by atoms with Gasteiger partial charge in [0.15, 0.2) is 0 Å². The predicted molar refractivity (Wildman–Crippen MR) is 119 cm³/mol. The Labute approximate surface area is 185 Å². The van der Waals surface area contributed by atoms with E-state index in [-0.39, 0.29) is 6.54 Å². The van der Waals surface area contributed by atoms with Crippen LogP contribution in [0.5, 0.6) is 0 Å². The summed E-state index contributed by atoms with van der Waals surface area (Å²) in [5.41, 5.74) is 2.86. The Morgan fingerprint density at radius 3 is 2.77 bits per heavy atom. The van der Waals surface area contributed by atoms with Crippen LogP contribution in [0.1, 0.15) is 29.8 Å². The topological polar surface area (TPSA) is 85.7 Å². The van der Waals surface area contributed by atoms with E-state index in [2.05, 4.69) is 34.5 Å². The summed E-state index contributed by atoms with van der Waals surface area (Å²) in [5, 5.41) is 17.3. The molecule has 0 aliphatic carbocycles. The summed E-state index contributed by atoms with van der Waals surface area (Å²) in [4.78, 5) is 15.4. The molecule has 0 radical (unpaired) electrons. The molecule has 0 aromatic carbocycles. The minimum Gasteiger partial charge on any atom is -0.388 e. The van der Waals surface area contributed by atoms with Gasteiger partial charge in [-0.3, -0.25) is 4.90 Å². The highest BCUT2D eigenvalue weighted by Gasteiger charge is 2.34. The first kappa shape index (κ1) is 22.0. The number of piperidine rings is 1. The van der Waals surface area contributed by atoms with Crippen molar-refractivity contribution < 1.29 is 14.3 Å². The second-order valence-corrected chi connectivity index (χ2v) is 9.30. The van der Waals surface area contributed by atoms with Gasteiger partial charge >= 0.3 is 5.76 Å². The molecule has 1 saturated heterocycles. The monoisotopic (exact) mass is 446 g/mol. The van der Waals surface area contributed by atoms with Crippen molar-refractivity contribution in [2.75, 3.05) is 26.8 Å². The molecule has 4 heterocycles. The zero-order valence-electron chi connectivity index (χ0n) is 18.3. The highest BCUT2D eigenvalue weighted by molar-refractivity contribution is 7.13. The van der Waals surface area contributed by atoms with Crippen molar-refractivity contribution in [1.29, 1.82) is 0 Å². The molecule has 0 bridgehead atoms. The van der Waals surface area contributed by atoms with Crippen LogP contribution in [-0.2, 0) is 24.4 Å². The van der Waals surface area contributed by atoms with Crippen LogP contribution in [0.4, 0.5) is 0 Å². The summed E-state index contributed by atoms with van der Waals surface area (Å²) in [6, 6.07) is 5.99. The average Bonchev–Trinajstić information content (AvgIpc) is 3.45. The fraction of sp³-hybridized carbons (Fsp3) is 0.545. The van der Waals surface area contributed by atoms with Gasteiger partial charge in [0.2, 0.25) is 0 Å². The van der Waals surface area contributed by atoms with E-state index in [1.165, 1.54) is 33.0 Å². The molecule has 8 nitrogen and oxygen atoms in total. The third kappa shape index (κ3) is 4.85. The van der Waals surface area contributed by atoms with E-state index in [0.717, 1.165) is 31.1 Å². The van der Waals surface area contributed by atoms with E-state index in [1.54, 1.807) is 7.11 Å². The number of likely N-dealkylation sites (tertiary alicyclic amines) is 1. The Morgan fingerprint density at radius 1 is 1.32 bits per heavy atom. The number of aliphatic hydroxyl groups is 1. The highest BCUT2D eigenvalue weighted by Crippen LogP contribution is 2.27. The maximum absolute atomic E-state index is 12.2. The van der Waals surface area contributed by atoms with Gasteiger partial charge in [0, 0.05) is 44.7 Å². The summed E-state index contributed by atoms with van der Waals surface area (Å²) in [6.45, 7) is 8.37. The molecule has 0 amide bonds. The number of nitrogens with zero attached hydrogens (tertiary/aromatic N) is 4. The van der Waals surface area contributed by atoms with E-state index in [4.69, 9.17) is 9.15 Å². The van der Waals surface area contributed by atoms with Crippen LogP contribution < -0.4 is 5.76 Å². The lowest BCUT2D eigenvalue weighted by atomic mass is 9.91. The zero-order valence-corrected chi connectivity index (χ0v) is 19.2. The Bertz CT molecular complexity index is 1060. The number of methoxy groups -OCH3 is 1. The summed E-state index contributed by atoms with van der Waals surface area (Å²) in [7, 11) is 1.72. The van der Waals surface area contributed by atoms with Crippen molar-refractivity contribution in [2.45, 2.75) is 51.9 Å². The van der Waals surface area contributed by atoms with Gasteiger partial charge in [-0.05, 0) is 49.8 Å². The molecular weight excluding hydrogens is 416 g/mol. The molecule has 1 aliphatic heterocycles. The van der Waals surface area contributed by atoms with Gasteiger partial charge in [0.05, 0.1) is 23.6 Å². The first-order valence-electron chi connectivity index (χ1n) is 10.6. The number of aryl methyl sites for hydroxylation is 1. The molecule has 3 aromatic rings. The molecule has 1 N–H and O–H groups in total. The maximum Gasteiger partial charge on any atom is 0.437 e. The molecule has 9 heteroatoms. The van der Waals surface area contributed by atoms with Crippen LogP contribution in [-0.4, -0.2) is 56.8 Å². The van der Waals surface area contributed by atoms with Crippen LogP contribution in [0, 0.1) is 13.8 Å². The van der Waals surface area contributed by atoms with Gasteiger partial charge in [-0.2, -0.15) is 4.68 Å². The average molecular weight is 447 g/mol. The van der Waals surface area contributed by atoms with Crippen molar-refractivity contribution in [2.24, 2.45) is 0 Å². The van der Waals surface area contributed by atoms with Gasteiger partial charge in [0.25, 0.3) is 5.89 Å². The molecule has 168 valence electrons. The number of ether oxygens (including phenoxy) is 1. The predicted octanol–water partition coefficient (Wildman–Crippen LogP) is 2.66. The number of hydrogen-bond donors (Lipinski definition) is 1. The van der Waals surface area contributed by atoms with E-state index < -0.39 is 11.4 Å². The number of hydrogen-bond acceptors (Lipinski definition) is 7. The smallest absolute Gasteiger partial charge is 0.388 e. The SMILES string of the molecule is COCCn1c(C)cc(CN2CCC(O)(Cn3nc(-c4cccs4)oc3=O)CC2)c1C. The summed E-state index contributed by atoms with van der Waals surface area (Å²) in [6.07, 6.45) is 1.17. The standard InChI is InChI=1S/C22H30N4O4S/c1-16-13-18(17(2)25(16)10-11-29-3)14-24-8-6-22(28,7-9-24)15-26-21(27)30-20(23-26)19-5-4-12-31-19/h4-5,12-13,28H,6-11,14-15H2,1-3H3. The fourth-order valence-corrected chi connectivity index (χ4v) is 4.91. The van der Waals surface area contributed by atoms with Gasteiger partial charge in [-0.15, -0.1) is 16.4 Å². The lowest BCUT2D eigenvalue weighted by molar-refractivity contribution is -0.0392. The zero-order chi connectivity index (χ0) is 22.0. The van der Waals surface area contributed by atoms with Gasteiger partial charge in [-0.1, -0.05) is 6.07 Å². The molecule has 0 atom stereocenters. The van der Waals surface area contributed by atoms with Crippen LogP contribution >= 0.6 is 11.3 Å². The molecule has 0 saturated carbocycles. The summed E-state index contributed by atoms with van der Waals surface area (Å²) >= 11 is 1.47. The van der Waals surface area contributed by atoms with E-state index >= 15 is 0 Å². The Morgan fingerprint density at radius 2 is 2.10 bits per heavy atom. The summed E-state index contributed by atoms with van der Waals surface area (Å²) in [5.74, 6) is -0.215. The van der Waals surface area contributed by atoms with Crippen molar-refractivity contribution in [3.63, 3.8) is 0 Å². The lowest BCUT2D eigenvalue weighted by Crippen LogP contribution is -2.47. The first-order chi connectivity index (χ1) is 14.9. The highest BCUT2D eigenvalue weighted by atomic mass is 32.1. The molecule has 1 aliphatic rings. The molecular formula is C22H30N4O4S. The largest absolute Gasteiger partial charge is 0.437 e. The minimum atomic E-state index is -0.959. The number of aromatic nitrogens is 3. The van der Waals surface area contributed by atoms with Gasteiger partial charge < -0.3 is 18.8 Å². The van der Waals surface area contributed by atoms with E-state index in [9.17, 15) is 9.90 Å².